The lowest BCUT2D eigenvalue weighted by molar-refractivity contribution is 0.0620. The van der Waals surface area contributed by atoms with E-state index in [1.54, 1.807) is 0 Å². The molecule has 0 aliphatic carbocycles. The number of hydrogen-bond donors (Lipinski definition) is 0. The Morgan fingerprint density at radius 1 is 1.29 bits per heavy atom. The molecule has 0 spiro atoms. The lowest BCUT2D eigenvalue weighted by Crippen LogP contribution is -2.05. The Morgan fingerprint density at radius 3 is 2.21 bits per heavy atom. The zero-order valence-corrected chi connectivity index (χ0v) is 9.57. The van der Waals surface area contributed by atoms with E-state index < -0.39 is 11.6 Å². The first-order valence-corrected chi connectivity index (χ1v) is 5.05. The molecule has 0 atom stereocenters. The predicted molar refractivity (Wildman–Crippen MR) is 54.0 cm³/mol. The van der Waals surface area contributed by atoms with Crippen LogP contribution < -0.4 is 0 Å². The Labute approximate surface area is 90.2 Å². The molecule has 0 saturated carbocycles. The minimum absolute atomic E-state index is 0.0260. The van der Waals surface area contributed by atoms with Crippen LogP contribution in [0.15, 0.2) is 16.6 Å². The van der Waals surface area contributed by atoms with E-state index in [1.807, 2.05) is 13.8 Å². The maximum Gasteiger partial charge on any atom is 0.132 e. The van der Waals surface area contributed by atoms with E-state index in [1.165, 1.54) is 12.1 Å². The van der Waals surface area contributed by atoms with Crippen LogP contribution in [0.3, 0.4) is 0 Å². The van der Waals surface area contributed by atoms with Crippen LogP contribution in [-0.4, -0.2) is 6.10 Å². The van der Waals surface area contributed by atoms with Crippen LogP contribution in [-0.2, 0) is 11.3 Å². The van der Waals surface area contributed by atoms with Crippen LogP contribution in [0.2, 0.25) is 0 Å². The number of benzene rings is 1. The average molecular weight is 265 g/mol. The minimum atomic E-state index is -0.586. The molecule has 0 unspecified atom stereocenters. The van der Waals surface area contributed by atoms with Crippen molar-refractivity contribution >= 4 is 15.9 Å². The van der Waals surface area contributed by atoms with Crippen molar-refractivity contribution in [3.63, 3.8) is 0 Å². The van der Waals surface area contributed by atoms with Crippen molar-refractivity contribution in [2.75, 3.05) is 0 Å². The van der Waals surface area contributed by atoms with E-state index in [0.717, 1.165) is 0 Å². The lowest BCUT2D eigenvalue weighted by Gasteiger charge is -2.09. The topological polar surface area (TPSA) is 9.23 Å². The zero-order valence-electron chi connectivity index (χ0n) is 7.98. The molecule has 4 heteroatoms. The highest BCUT2D eigenvalue weighted by atomic mass is 79.9. The molecular weight excluding hydrogens is 254 g/mol. The molecule has 0 N–H and O–H groups in total. The third-order valence-electron chi connectivity index (χ3n) is 1.67. The third-order valence-corrected chi connectivity index (χ3v) is 2.12. The van der Waals surface area contributed by atoms with Gasteiger partial charge in [0.1, 0.15) is 11.6 Å². The Hall–Kier alpha value is -0.480. The van der Waals surface area contributed by atoms with Gasteiger partial charge >= 0.3 is 0 Å². The van der Waals surface area contributed by atoms with Crippen LogP contribution in [0.25, 0.3) is 0 Å². The Balaban J connectivity index is 2.86. The quantitative estimate of drug-likeness (QED) is 0.810. The lowest BCUT2D eigenvalue weighted by atomic mass is 10.2. The summed E-state index contributed by atoms with van der Waals surface area (Å²) >= 11 is 3.01. The summed E-state index contributed by atoms with van der Waals surface area (Å²) in [6.07, 6.45) is -0.0440. The first-order chi connectivity index (χ1) is 6.50. The Kier molecular flexibility index (Phi) is 4.01. The number of hydrogen-bond acceptors (Lipinski definition) is 1. The van der Waals surface area contributed by atoms with E-state index in [-0.39, 0.29) is 18.3 Å². The normalized spacial score (nSPS) is 11.0. The summed E-state index contributed by atoms with van der Waals surface area (Å²) in [7, 11) is 0. The van der Waals surface area contributed by atoms with Gasteiger partial charge in [0.2, 0.25) is 0 Å². The number of halogens is 3. The molecule has 1 rings (SSSR count). The molecule has 1 nitrogen and oxygen atoms in total. The van der Waals surface area contributed by atoms with Crippen LogP contribution in [0.4, 0.5) is 8.78 Å². The van der Waals surface area contributed by atoms with Crippen molar-refractivity contribution in [2.45, 2.75) is 26.6 Å². The summed E-state index contributed by atoms with van der Waals surface area (Å²) in [4.78, 5) is 0. The molecule has 0 radical (unpaired) electrons. The van der Waals surface area contributed by atoms with Gasteiger partial charge in [-0.05, 0) is 26.0 Å². The predicted octanol–water partition coefficient (Wildman–Crippen LogP) is 3.65. The summed E-state index contributed by atoms with van der Waals surface area (Å²) in [6.45, 7) is 3.59. The molecule has 0 heterocycles. The SMILES string of the molecule is CC(C)OCc1c(F)cc(Br)cc1F. The van der Waals surface area contributed by atoms with Crippen LogP contribution in [0, 0.1) is 11.6 Å². The van der Waals surface area contributed by atoms with Gasteiger partial charge in [-0.3, -0.25) is 0 Å². The van der Waals surface area contributed by atoms with Gasteiger partial charge in [-0.2, -0.15) is 0 Å². The Bertz CT molecular complexity index is 303. The van der Waals surface area contributed by atoms with Crippen LogP contribution in [0.1, 0.15) is 19.4 Å². The Morgan fingerprint density at radius 2 is 1.79 bits per heavy atom. The van der Waals surface area contributed by atoms with Gasteiger partial charge in [-0.25, -0.2) is 8.78 Å². The molecule has 0 aliphatic rings. The van der Waals surface area contributed by atoms with E-state index in [4.69, 9.17) is 4.74 Å². The van der Waals surface area contributed by atoms with E-state index >= 15 is 0 Å². The molecule has 1 aromatic rings. The van der Waals surface area contributed by atoms with Crippen LogP contribution >= 0.6 is 15.9 Å². The fraction of sp³-hybridized carbons (Fsp3) is 0.400. The highest BCUT2D eigenvalue weighted by Gasteiger charge is 2.10. The number of ether oxygens (including phenoxy) is 1. The highest BCUT2D eigenvalue weighted by Crippen LogP contribution is 2.20. The summed E-state index contributed by atoms with van der Waals surface area (Å²) in [6, 6.07) is 2.45. The molecule has 0 aliphatic heterocycles. The monoisotopic (exact) mass is 264 g/mol. The fourth-order valence-electron chi connectivity index (χ4n) is 0.960. The fourth-order valence-corrected chi connectivity index (χ4v) is 1.36. The van der Waals surface area contributed by atoms with Gasteiger partial charge in [-0.15, -0.1) is 0 Å². The molecule has 14 heavy (non-hydrogen) atoms. The maximum absolute atomic E-state index is 13.2. The standard InChI is InChI=1S/C10H11BrF2O/c1-6(2)14-5-8-9(12)3-7(11)4-10(8)13/h3-4,6H,5H2,1-2H3. The molecule has 0 bridgehead atoms. The van der Waals surface area contributed by atoms with Crippen molar-refractivity contribution in [3.05, 3.63) is 33.8 Å². The van der Waals surface area contributed by atoms with Gasteiger partial charge in [0, 0.05) is 10.0 Å². The van der Waals surface area contributed by atoms with Gasteiger partial charge in [0.15, 0.2) is 0 Å². The second-order valence-electron chi connectivity index (χ2n) is 3.21. The molecule has 0 amide bonds. The van der Waals surface area contributed by atoms with Gasteiger partial charge < -0.3 is 4.74 Å². The van der Waals surface area contributed by atoms with Crippen molar-refractivity contribution in [2.24, 2.45) is 0 Å². The maximum atomic E-state index is 13.2. The average Bonchev–Trinajstić information content (AvgIpc) is 2.01. The summed E-state index contributed by atoms with van der Waals surface area (Å²) in [5, 5.41) is 0. The van der Waals surface area contributed by atoms with Crippen molar-refractivity contribution in [3.8, 4) is 0 Å². The third kappa shape index (κ3) is 3.03. The number of rotatable bonds is 3. The molecule has 1 aromatic carbocycles. The van der Waals surface area contributed by atoms with Crippen LogP contribution in [0.5, 0.6) is 0 Å². The van der Waals surface area contributed by atoms with Crippen molar-refractivity contribution < 1.29 is 13.5 Å². The van der Waals surface area contributed by atoms with Crippen molar-refractivity contribution in [1.82, 2.24) is 0 Å². The van der Waals surface area contributed by atoms with E-state index in [0.29, 0.717) is 4.47 Å². The van der Waals surface area contributed by atoms with Crippen molar-refractivity contribution in [1.29, 1.82) is 0 Å². The molecule has 0 aromatic heterocycles. The first-order valence-electron chi connectivity index (χ1n) is 4.25. The first kappa shape index (κ1) is 11.6. The van der Waals surface area contributed by atoms with Gasteiger partial charge in [-0.1, -0.05) is 15.9 Å². The summed E-state index contributed by atoms with van der Waals surface area (Å²) < 4.78 is 31.9. The minimum Gasteiger partial charge on any atom is -0.374 e. The smallest absolute Gasteiger partial charge is 0.132 e. The molecule has 0 saturated heterocycles. The molecule has 0 fully saturated rings. The van der Waals surface area contributed by atoms with Gasteiger partial charge in [0.25, 0.3) is 0 Å². The molecular formula is C10H11BrF2O. The second kappa shape index (κ2) is 4.84. The molecule has 78 valence electrons. The summed E-state index contributed by atoms with van der Waals surface area (Å²) in [5.41, 5.74) is -0.0260. The van der Waals surface area contributed by atoms with E-state index in [9.17, 15) is 8.78 Å². The summed E-state index contributed by atoms with van der Waals surface area (Å²) in [5.74, 6) is -1.17. The second-order valence-corrected chi connectivity index (χ2v) is 4.12. The van der Waals surface area contributed by atoms with Gasteiger partial charge in [0.05, 0.1) is 12.7 Å². The highest BCUT2D eigenvalue weighted by molar-refractivity contribution is 9.10. The zero-order chi connectivity index (χ0) is 10.7. The largest absolute Gasteiger partial charge is 0.374 e. The van der Waals surface area contributed by atoms with E-state index in [2.05, 4.69) is 15.9 Å².